The van der Waals surface area contributed by atoms with Gasteiger partial charge >= 0.3 is 0 Å². The van der Waals surface area contributed by atoms with Crippen LogP contribution < -0.4 is 5.32 Å². The minimum Gasteiger partial charge on any atom is -0.313 e. The third-order valence-electron chi connectivity index (χ3n) is 1.65. The Morgan fingerprint density at radius 2 is 2.56 bits per heavy atom. The minimum atomic E-state index is 0.814. The van der Waals surface area contributed by atoms with Crippen molar-refractivity contribution in [2.75, 3.05) is 18.1 Å². The van der Waals surface area contributed by atoms with Crippen molar-refractivity contribution in [2.24, 2.45) is 0 Å². The summed E-state index contributed by atoms with van der Waals surface area (Å²) in [7, 11) is 0. The van der Waals surface area contributed by atoms with E-state index in [4.69, 9.17) is 0 Å². The van der Waals surface area contributed by atoms with Gasteiger partial charge in [-0.15, -0.1) is 0 Å². The molecule has 1 fully saturated rings. The second kappa shape index (κ2) is 4.18. The molecule has 0 aromatic heterocycles. The van der Waals surface area contributed by atoms with Gasteiger partial charge in [0.2, 0.25) is 0 Å². The summed E-state index contributed by atoms with van der Waals surface area (Å²) in [5.41, 5.74) is 0. The van der Waals surface area contributed by atoms with Gasteiger partial charge in [0.25, 0.3) is 0 Å². The molecule has 54 valence electrons. The van der Waals surface area contributed by atoms with Crippen molar-refractivity contribution in [3.63, 3.8) is 0 Å². The quantitative estimate of drug-likeness (QED) is 0.632. The Hall–Kier alpha value is 0.310. The molecule has 9 heavy (non-hydrogen) atoms. The summed E-state index contributed by atoms with van der Waals surface area (Å²) in [6, 6.07) is 0.814. The van der Waals surface area contributed by atoms with Crippen molar-refractivity contribution in [1.29, 1.82) is 0 Å². The fourth-order valence-corrected chi connectivity index (χ4v) is 2.30. The van der Waals surface area contributed by atoms with Gasteiger partial charge in [-0.3, -0.25) is 0 Å². The summed E-state index contributed by atoms with van der Waals surface area (Å²) in [4.78, 5) is 0. The SMILES string of the molecule is CCNC1CCCSC1. The maximum Gasteiger partial charge on any atom is 0.0158 e. The molecule has 0 amide bonds. The number of rotatable bonds is 2. The Bertz CT molecular complexity index is 66.6. The second-order valence-corrected chi connectivity index (χ2v) is 3.62. The molecule has 0 saturated carbocycles. The molecule has 1 unspecified atom stereocenters. The van der Waals surface area contributed by atoms with E-state index in [0.29, 0.717) is 0 Å². The maximum absolute atomic E-state index is 3.46. The zero-order valence-electron chi connectivity index (χ0n) is 6.02. The highest BCUT2D eigenvalue weighted by atomic mass is 32.2. The summed E-state index contributed by atoms with van der Waals surface area (Å²) >= 11 is 2.08. The van der Waals surface area contributed by atoms with Gasteiger partial charge in [0.15, 0.2) is 0 Å². The van der Waals surface area contributed by atoms with Crippen molar-refractivity contribution < 1.29 is 0 Å². The molecule has 1 saturated heterocycles. The highest BCUT2D eigenvalue weighted by Gasteiger charge is 2.10. The van der Waals surface area contributed by atoms with Crippen LogP contribution in [-0.2, 0) is 0 Å². The van der Waals surface area contributed by atoms with E-state index in [1.165, 1.54) is 24.3 Å². The Balaban J connectivity index is 2.08. The lowest BCUT2D eigenvalue weighted by molar-refractivity contribution is 0.523. The molecule has 1 aliphatic rings. The molecule has 0 spiro atoms. The first kappa shape index (κ1) is 7.42. The van der Waals surface area contributed by atoms with Crippen LogP contribution >= 0.6 is 11.8 Å². The third-order valence-corrected chi connectivity index (χ3v) is 2.87. The molecule has 1 rings (SSSR count). The molecule has 1 nitrogen and oxygen atoms in total. The first-order chi connectivity index (χ1) is 4.43. The van der Waals surface area contributed by atoms with Crippen molar-refractivity contribution in [2.45, 2.75) is 25.8 Å². The fourth-order valence-electron chi connectivity index (χ4n) is 1.19. The monoisotopic (exact) mass is 145 g/mol. The average Bonchev–Trinajstić information content (AvgIpc) is 1.91. The fraction of sp³-hybridized carbons (Fsp3) is 1.00. The summed E-state index contributed by atoms with van der Waals surface area (Å²) in [6.07, 6.45) is 2.79. The van der Waals surface area contributed by atoms with Crippen molar-refractivity contribution >= 4 is 11.8 Å². The van der Waals surface area contributed by atoms with Crippen LogP contribution in [0.5, 0.6) is 0 Å². The predicted molar refractivity (Wildman–Crippen MR) is 44.0 cm³/mol. The van der Waals surface area contributed by atoms with Crippen molar-refractivity contribution in [3.8, 4) is 0 Å². The van der Waals surface area contributed by atoms with Crippen LogP contribution in [0.4, 0.5) is 0 Å². The van der Waals surface area contributed by atoms with Gasteiger partial charge in [-0.2, -0.15) is 11.8 Å². The molecule has 1 N–H and O–H groups in total. The topological polar surface area (TPSA) is 12.0 Å². The Morgan fingerprint density at radius 1 is 1.67 bits per heavy atom. The minimum absolute atomic E-state index is 0.814. The van der Waals surface area contributed by atoms with Crippen LogP contribution in [-0.4, -0.2) is 24.1 Å². The van der Waals surface area contributed by atoms with E-state index in [9.17, 15) is 0 Å². The summed E-state index contributed by atoms with van der Waals surface area (Å²) in [5, 5.41) is 3.46. The molecular formula is C7H15NS. The lowest BCUT2D eigenvalue weighted by atomic mass is 10.2. The average molecular weight is 145 g/mol. The number of thioether (sulfide) groups is 1. The highest BCUT2D eigenvalue weighted by molar-refractivity contribution is 7.99. The lowest BCUT2D eigenvalue weighted by Crippen LogP contribution is -2.33. The van der Waals surface area contributed by atoms with E-state index < -0.39 is 0 Å². The first-order valence-corrected chi connectivity index (χ1v) is 4.90. The second-order valence-electron chi connectivity index (χ2n) is 2.47. The first-order valence-electron chi connectivity index (χ1n) is 3.74. The molecule has 0 aliphatic carbocycles. The van der Waals surface area contributed by atoms with E-state index in [0.717, 1.165) is 12.6 Å². The molecule has 2 heteroatoms. The zero-order chi connectivity index (χ0) is 6.53. The van der Waals surface area contributed by atoms with Gasteiger partial charge in [-0.25, -0.2) is 0 Å². The molecule has 0 aromatic carbocycles. The van der Waals surface area contributed by atoms with Crippen LogP contribution in [0.3, 0.4) is 0 Å². The number of nitrogens with one attached hydrogen (secondary N) is 1. The van der Waals surface area contributed by atoms with Crippen molar-refractivity contribution in [1.82, 2.24) is 5.32 Å². The van der Waals surface area contributed by atoms with Gasteiger partial charge in [-0.1, -0.05) is 6.92 Å². The van der Waals surface area contributed by atoms with Gasteiger partial charge in [0.1, 0.15) is 0 Å². The lowest BCUT2D eigenvalue weighted by Gasteiger charge is -2.21. The Labute approximate surface area is 61.6 Å². The summed E-state index contributed by atoms with van der Waals surface area (Å²) in [6.45, 7) is 3.31. The van der Waals surface area contributed by atoms with E-state index in [1.807, 2.05) is 0 Å². The van der Waals surface area contributed by atoms with Crippen LogP contribution in [0.25, 0.3) is 0 Å². The maximum atomic E-state index is 3.46. The normalized spacial score (nSPS) is 28.3. The van der Waals surface area contributed by atoms with Crippen molar-refractivity contribution in [3.05, 3.63) is 0 Å². The summed E-state index contributed by atoms with van der Waals surface area (Å²) < 4.78 is 0. The number of hydrogen-bond acceptors (Lipinski definition) is 2. The van der Waals surface area contributed by atoms with E-state index in [2.05, 4.69) is 24.0 Å². The van der Waals surface area contributed by atoms with Gasteiger partial charge in [0, 0.05) is 11.8 Å². The summed E-state index contributed by atoms with van der Waals surface area (Å²) in [5.74, 6) is 2.70. The molecule has 0 aromatic rings. The Morgan fingerprint density at radius 3 is 3.11 bits per heavy atom. The van der Waals surface area contributed by atoms with Crippen LogP contribution in [0.2, 0.25) is 0 Å². The van der Waals surface area contributed by atoms with Crippen LogP contribution in [0.15, 0.2) is 0 Å². The van der Waals surface area contributed by atoms with Gasteiger partial charge in [-0.05, 0) is 25.1 Å². The zero-order valence-corrected chi connectivity index (χ0v) is 6.84. The predicted octanol–water partition coefficient (Wildman–Crippen LogP) is 1.49. The van der Waals surface area contributed by atoms with E-state index >= 15 is 0 Å². The highest BCUT2D eigenvalue weighted by Crippen LogP contribution is 2.16. The molecular weight excluding hydrogens is 130 g/mol. The number of hydrogen-bond donors (Lipinski definition) is 1. The molecule has 1 heterocycles. The van der Waals surface area contributed by atoms with Crippen LogP contribution in [0, 0.1) is 0 Å². The molecule has 0 radical (unpaired) electrons. The van der Waals surface area contributed by atoms with Crippen LogP contribution in [0.1, 0.15) is 19.8 Å². The largest absolute Gasteiger partial charge is 0.313 e. The third kappa shape index (κ3) is 2.59. The molecule has 0 bridgehead atoms. The Kier molecular flexibility index (Phi) is 3.44. The van der Waals surface area contributed by atoms with Gasteiger partial charge < -0.3 is 5.32 Å². The van der Waals surface area contributed by atoms with E-state index in [1.54, 1.807) is 0 Å². The molecule has 1 aliphatic heterocycles. The van der Waals surface area contributed by atoms with E-state index in [-0.39, 0.29) is 0 Å². The standard InChI is InChI=1S/C7H15NS/c1-2-8-7-4-3-5-9-6-7/h7-8H,2-6H2,1H3. The van der Waals surface area contributed by atoms with Gasteiger partial charge in [0.05, 0.1) is 0 Å². The molecule has 1 atom stereocenters. The smallest absolute Gasteiger partial charge is 0.0158 e.